The maximum absolute atomic E-state index is 5.48. The lowest BCUT2D eigenvalue weighted by Crippen LogP contribution is -2.36. The van der Waals surface area contributed by atoms with Crippen LogP contribution in [0.5, 0.6) is 0 Å². The Morgan fingerprint density at radius 3 is 2.87 bits per heavy atom. The standard InChI is InChI=1S/C12H26N2O/c1-11(2)13-6-7-14(3)9-12-5-4-8-15-10-12/h11-13H,4-10H2,1-3H3. The molecule has 0 aromatic carbocycles. The SMILES string of the molecule is CC(C)NCCN(C)CC1CCCOC1. The van der Waals surface area contributed by atoms with E-state index in [9.17, 15) is 0 Å². The molecule has 1 N–H and O–H groups in total. The van der Waals surface area contributed by atoms with Gasteiger partial charge in [-0.1, -0.05) is 13.8 Å². The largest absolute Gasteiger partial charge is 0.381 e. The van der Waals surface area contributed by atoms with Gasteiger partial charge in [0, 0.05) is 32.3 Å². The first-order valence-electron chi connectivity index (χ1n) is 6.18. The summed E-state index contributed by atoms with van der Waals surface area (Å²) in [5, 5.41) is 3.44. The molecule has 0 bridgehead atoms. The zero-order chi connectivity index (χ0) is 11.1. The van der Waals surface area contributed by atoms with E-state index in [1.165, 1.54) is 19.4 Å². The van der Waals surface area contributed by atoms with Crippen LogP contribution in [0.25, 0.3) is 0 Å². The number of likely N-dealkylation sites (N-methyl/N-ethyl adjacent to an activating group) is 1. The predicted octanol–water partition coefficient (Wildman–Crippen LogP) is 1.34. The summed E-state index contributed by atoms with van der Waals surface area (Å²) in [6.07, 6.45) is 2.57. The molecule has 0 saturated carbocycles. The first-order chi connectivity index (χ1) is 7.18. The van der Waals surface area contributed by atoms with Crippen LogP contribution in [0.4, 0.5) is 0 Å². The Hall–Kier alpha value is -0.120. The number of ether oxygens (including phenoxy) is 1. The number of hydrogen-bond donors (Lipinski definition) is 1. The molecule has 0 amide bonds. The molecule has 1 atom stereocenters. The van der Waals surface area contributed by atoms with Gasteiger partial charge in [0.15, 0.2) is 0 Å². The average molecular weight is 214 g/mol. The Morgan fingerprint density at radius 2 is 2.27 bits per heavy atom. The molecule has 3 nitrogen and oxygen atoms in total. The second-order valence-electron chi connectivity index (χ2n) is 4.95. The molecule has 0 aromatic rings. The van der Waals surface area contributed by atoms with E-state index in [4.69, 9.17) is 4.74 Å². The number of nitrogens with zero attached hydrogens (tertiary/aromatic N) is 1. The molecule has 1 heterocycles. The zero-order valence-corrected chi connectivity index (χ0v) is 10.5. The molecule has 1 aliphatic heterocycles. The molecular weight excluding hydrogens is 188 g/mol. The fraction of sp³-hybridized carbons (Fsp3) is 1.00. The van der Waals surface area contributed by atoms with Crippen LogP contribution in [0.2, 0.25) is 0 Å². The van der Waals surface area contributed by atoms with E-state index < -0.39 is 0 Å². The molecule has 15 heavy (non-hydrogen) atoms. The summed E-state index contributed by atoms with van der Waals surface area (Å²) in [5.41, 5.74) is 0. The van der Waals surface area contributed by atoms with Crippen LogP contribution < -0.4 is 5.32 Å². The van der Waals surface area contributed by atoms with Gasteiger partial charge in [0.1, 0.15) is 0 Å². The fourth-order valence-corrected chi connectivity index (χ4v) is 2.03. The van der Waals surface area contributed by atoms with E-state index in [1.54, 1.807) is 0 Å². The van der Waals surface area contributed by atoms with Crippen molar-refractivity contribution in [1.82, 2.24) is 10.2 Å². The highest BCUT2D eigenvalue weighted by Crippen LogP contribution is 2.13. The molecule has 0 aromatic heterocycles. The van der Waals surface area contributed by atoms with Crippen molar-refractivity contribution < 1.29 is 4.74 Å². The Labute approximate surface area is 94.2 Å². The van der Waals surface area contributed by atoms with Gasteiger partial charge in [-0.15, -0.1) is 0 Å². The van der Waals surface area contributed by atoms with Crippen molar-refractivity contribution >= 4 is 0 Å². The quantitative estimate of drug-likeness (QED) is 0.722. The summed E-state index contributed by atoms with van der Waals surface area (Å²) in [4.78, 5) is 2.41. The first kappa shape index (κ1) is 12.9. The summed E-state index contributed by atoms with van der Waals surface area (Å²) >= 11 is 0. The van der Waals surface area contributed by atoms with Crippen molar-refractivity contribution in [2.24, 2.45) is 5.92 Å². The third kappa shape index (κ3) is 6.13. The van der Waals surface area contributed by atoms with Gasteiger partial charge in [0.2, 0.25) is 0 Å². The highest BCUT2D eigenvalue weighted by molar-refractivity contribution is 4.67. The molecule has 3 heteroatoms. The van der Waals surface area contributed by atoms with E-state index >= 15 is 0 Å². The van der Waals surface area contributed by atoms with Gasteiger partial charge in [-0.2, -0.15) is 0 Å². The monoisotopic (exact) mass is 214 g/mol. The zero-order valence-electron chi connectivity index (χ0n) is 10.5. The normalized spacial score (nSPS) is 22.6. The minimum atomic E-state index is 0.594. The lowest BCUT2D eigenvalue weighted by molar-refractivity contribution is 0.0421. The molecule has 1 rings (SSSR count). The van der Waals surface area contributed by atoms with Crippen LogP contribution in [-0.4, -0.2) is 50.8 Å². The van der Waals surface area contributed by atoms with E-state index in [-0.39, 0.29) is 0 Å². The molecule has 1 aliphatic rings. The maximum atomic E-state index is 5.48. The molecule has 0 aliphatic carbocycles. The van der Waals surface area contributed by atoms with E-state index in [0.29, 0.717) is 6.04 Å². The number of nitrogens with one attached hydrogen (secondary N) is 1. The summed E-state index contributed by atoms with van der Waals surface area (Å²) < 4.78 is 5.48. The smallest absolute Gasteiger partial charge is 0.0506 e. The van der Waals surface area contributed by atoms with E-state index in [0.717, 1.165) is 32.2 Å². The molecular formula is C12H26N2O. The van der Waals surface area contributed by atoms with Crippen LogP contribution in [0, 0.1) is 5.92 Å². The Balaban J connectivity index is 2.03. The highest BCUT2D eigenvalue weighted by Gasteiger charge is 2.15. The molecule has 90 valence electrons. The molecule has 1 saturated heterocycles. The third-order valence-corrected chi connectivity index (χ3v) is 2.87. The molecule has 0 radical (unpaired) electrons. The van der Waals surface area contributed by atoms with Crippen molar-refractivity contribution in [2.75, 3.05) is 39.9 Å². The predicted molar refractivity (Wildman–Crippen MR) is 64.2 cm³/mol. The van der Waals surface area contributed by atoms with Crippen LogP contribution in [0.15, 0.2) is 0 Å². The van der Waals surface area contributed by atoms with Gasteiger partial charge in [-0.05, 0) is 25.8 Å². The van der Waals surface area contributed by atoms with Crippen molar-refractivity contribution in [3.05, 3.63) is 0 Å². The summed E-state index contributed by atoms with van der Waals surface area (Å²) in [6, 6.07) is 0.594. The summed E-state index contributed by atoms with van der Waals surface area (Å²) in [5.74, 6) is 0.753. The lowest BCUT2D eigenvalue weighted by atomic mass is 10.0. The maximum Gasteiger partial charge on any atom is 0.0506 e. The summed E-state index contributed by atoms with van der Waals surface area (Å²) in [7, 11) is 2.20. The van der Waals surface area contributed by atoms with E-state index in [1.807, 2.05) is 0 Å². The average Bonchev–Trinajstić information content (AvgIpc) is 2.18. The molecule has 1 unspecified atom stereocenters. The van der Waals surface area contributed by atoms with Crippen molar-refractivity contribution in [1.29, 1.82) is 0 Å². The second-order valence-corrected chi connectivity index (χ2v) is 4.95. The number of rotatable bonds is 6. The Kier molecular flexibility index (Phi) is 6.22. The van der Waals surface area contributed by atoms with Gasteiger partial charge in [-0.3, -0.25) is 0 Å². The van der Waals surface area contributed by atoms with Crippen molar-refractivity contribution in [3.63, 3.8) is 0 Å². The Morgan fingerprint density at radius 1 is 1.47 bits per heavy atom. The minimum absolute atomic E-state index is 0.594. The van der Waals surface area contributed by atoms with Gasteiger partial charge in [0.25, 0.3) is 0 Å². The fourth-order valence-electron chi connectivity index (χ4n) is 2.03. The van der Waals surface area contributed by atoms with Crippen LogP contribution in [-0.2, 0) is 4.74 Å². The first-order valence-corrected chi connectivity index (χ1v) is 6.18. The van der Waals surface area contributed by atoms with Crippen LogP contribution in [0.1, 0.15) is 26.7 Å². The molecule has 1 fully saturated rings. The van der Waals surface area contributed by atoms with Crippen molar-refractivity contribution in [3.8, 4) is 0 Å². The van der Waals surface area contributed by atoms with Crippen LogP contribution in [0.3, 0.4) is 0 Å². The van der Waals surface area contributed by atoms with Gasteiger partial charge in [0.05, 0.1) is 6.61 Å². The van der Waals surface area contributed by atoms with Crippen molar-refractivity contribution in [2.45, 2.75) is 32.7 Å². The van der Waals surface area contributed by atoms with Crippen LogP contribution >= 0.6 is 0 Å². The topological polar surface area (TPSA) is 24.5 Å². The minimum Gasteiger partial charge on any atom is -0.381 e. The second kappa shape index (κ2) is 7.20. The number of hydrogen-bond acceptors (Lipinski definition) is 3. The lowest BCUT2D eigenvalue weighted by Gasteiger charge is -2.27. The third-order valence-electron chi connectivity index (χ3n) is 2.87. The van der Waals surface area contributed by atoms with Gasteiger partial charge in [-0.25, -0.2) is 0 Å². The summed E-state index contributed by atoms with van der Waals surface area (Å²) in [6.45, 7) is 9.71. The van der Waals surface area contributed by atoms with Gasteiger partial charge >= 0.3 is 0 Å². The Bertz CT molecular complexity index is 156. The van der Waals surface area contributed by atoms with Gasteiger partial charge < -0.3 is 15.0 Å². The molecule has 0 spiro atoms. The highest BCUT2D eigenvalue weighted by atomic mass is 16.5. The van der Waals surface area contributed by atoms with E-state index in [2.05, 4.69) is 31.1 Å².